The average molecular weight is 273 g/mol. The van der Waals surface area contributed by atoms with E-state index in [9.17, 15) is 10.1 Å². The van der Waals surface area contributed by atoms with Crippen LogP contribution in [0.15, 0.2) is 34.7 Å². The van der Waals surface area contributed by atoms with Crippen molar-refractivity contribution in [2.75, 3.05) is 12.3 Å². The van der Waals surface area contributed by atoms with Crippen molar-refractivity contribution >= 4 is 11.6 Å². The van der Waals surface area contributed by atoms with Crippen LogP contribution >= 0.6 is 0 Å². The molecule has 0 fully saturated rings. The SMILES string of the molecule is Nc1cccc2c1CN(Cc1ccc([N+](=O)[O-])o1)CC2. The smallest absolute Gasteiger partial charge is 0.404 e. The van der Waals surface area contributed by atoms with Gasteiger partial charge >= 0.3 is 5.88 Å². The van der Waals surface area contributed by atoms with E-state index in [-0.39, 0.29) is 5.88 Å². The largest absolute Gasteiger partial charge is 0.433 e. The zero-order valence-corrected chi connectivity index (χ0v) is 10.9. The normalized spacial score (nSPS) is 15.0. The van der Waals surface area contributed by atoms with Crippen molar-refractivity contribution in [3.05, 3.63) is 57.3 Å². The lowest BCUT2D eigenvalue weighted by Crippen LogP contribution is -2.30. The summed E-state index contributed by atoms with van der Waals surface area (Å²) in [7, 11) is 0. The number of hydrogen-bond acceptors (Lipinski definition) is 5. The van der Waals surface area contributed by atoms with Crippen LogP contribution in [0.4, 0.5) is 11.6 Å². The van der Waals surface area contributed by atoms with Crippen LogP contribution in [-0.2, 0) is 19.5 Å². The highest BCUT2D eigenvalue weighted by Gasteiger charge is 2.20. The molecule has 0 radical (unpaired) electrons. The van der Waals surface area contributed by atoms with Crippen LogP contribution in [0.2, 0.25) is 0 Å². The first-order valence-electron chi connectivity index (χ1n) is 6.45. The molecule has 1 aromatic carbocycles. The van der Waals surface area contributed by atoms with Crippen molar-refractivity contribution in [1.29, 1.82) is 0 Å². The van der Waals surface area contributed by atoms with Crippen molar-refractivity contribution in [3.8, 4) is 0 Å². The Bertz CT molecular complexity index is 651. The van der Waals surface area contributed by atoms with Crippen molar-refractivity contribution in [1.82, 2.24) is 4.90 Å². The first kappa shape index (κ1) is 12.7. The molecule has 0 unspecified atom stereocenters. The first-order chi connectivity index (χ1) is 9.63. The van der Waals surface area contributed by atoms with E-state index in [2.05, 4.69) is 11.0 Å². The first-order valence-corrected chi connectivity index (χ1v) is 6.45. The fourth-order valence-electron chi connectivity index (χ4n) is 2.57. The Balaban J connectivity index is 1.74. The van der Waals surface area contributed by atoms with E-state index >= 15 is 0 Å². The molecule has 104 valence electrons. The van der Waals surface area contributed by atoms with Gasteiger partial charge < -0.3 is 10.2 Å². The van der Waals surface area contributed by atoms with Gasteiger partial charge in [0.25, 0.3) is 0 Å². The number of nitrogens with two attached hydrogens (primary N) is 1. The van der Waals surface area contributed by atoms with E-state index < -0.39 is 4.92 Å². The molecule has 1 aliphatic rings. The van der Waals surface area contributed by atoms with Gasteiger partial charge in [-0.15, -0.1) is 0 Å². The molecular formula is C14H15N3O3. The maximum absolute atomic E-state index is 10.6. The van der Waals surface area contributed by atoms with Crippen LogP contribution in [0.1, 0.15) is 16.9 Å². The number of benzene rings is 1. The van der Waals surface area contributed by atoms with Gasteiger partial charge in [0.15, 0.2) is 0 Å². The maximum atomic E-state index is 10.6. The third kappa shape index (κ3) is 2.37. The van der Waals surface area contributed by atoms with Crippen molar-refractivity contribution < 1.29 is 9.34 Å². The molecule has 1 aliphatic heterocycles. The van der Waals surface area contributed by atoms with Gasteiger partial charge in [-0.3, -0.25) is 15.0 Å². The fourth-order valence-corrected chi connectivity index (χ4v) is 2.57. The molecule has 6 heteroatoms. The molecule has 2 aromatic rings. The molecule has 2 heterocycles. The van der Waals surface area contributed by atoms with Crippen molar-refractivity contribution in [2.24, 2.45) is 0 Å². The predicted molar refractivity (Wildman–Crippen MR) is 74.0 cm³/mol. The summed E-state index contributed by atoms with van der Waals surface area (Å²) < 4.78 is 5.19. The topological polar surface area (TPSA) is 85.5 Å². The molecule has 0 aliphatic carbocycles. The average Bonchev–Trinajstić information content (AvgIpc) is 2.88. The molecule has 20 heavy (non-hydrogen) atoms. The Labute approximate surface area is 115 Å². The molecule has 1 aromatic heterocycles. The second-order valence-electron chi connectivity index (χ2n) is 4.94. The molecule has 0 amide bonds. The second kappa shape index (κ2) is 4.97. The lowest BCUT2D eigenvalue weighted by molar-refractivity contribution is -0.402. The van der Waals surface area contributed by atoms with Crippen LogP contribution in [-0.4, -0.2) is 16.4 Å². The Morgan fingerprint density at radius 3 is 2.95 bits per heavy atom. The summed E-state index contributed by atoms with van der Waals surface area (Å²) in [6.45, 7) is 2.20. The number of nitro groups is 1. The third-order valence-electron chi connectivity index (χ3n) is 3.60. The summed E-state index contributed by atoms with van der Waals surface area (Å²) in [5.41, 5.74) is 9.24. The number of nitrogens with zero attached hydrogens (tertiary/aromatic N) is 2. The molecule has 0 saturated heterocycles. The lowest BCUT2D eigenvalue weighted by atomic mass is 9.98. The molecule has 6 nitrogen and oxygen atoms in total. The minimum absolute atomic E-state index is 0.211. The van der Waals surface area contributed by atoms with Crippen molar-refractivity contribution in [3.63, 3.8) is 0 Å². The lowest BCUT2D eigenvalue weighted by Gasteiger charge is -2.28. The van der Waals surface area contributed by atoms with Gasteiger partial charge in [-0.1, -0.05) is 12.1 Å². The number of hydrogen-bond donors (Lipinski definition) is 1. The van der Waals surface area contributed by atoms with Gasteiger partial charge in [-0.05, 0) is 29.7 Å². The van der Waals surface area contributed by atoms with Crippen LogP contribution in [0.3, 0.4) is 0 Å². The summed E-state index contributed by atoms with van der Waals surface area (Å²) in [6.07, 6.45) is 0.934. The van der Waals surface area contributed by atoms with Gasteiger partial charge in [0.05, 0.1) is 12.6 Å². The van der Waals surface area contributed by atoms with Crippen LogP contribution in [0.5, 0.6) is 0 Å². The number of nitrogen functional groups attached to an aromatic ring is 1. The van der Waals surface area contributed by atoms with Crippen LogP contribution in [0.25, 0.3) is 0 Å². The Morgan fingerprint density at radius 1 is 1.35 bits per heavy atom. The van der Waals surface area contributed by atoms with E-state index in [4.69, 9.17) is 10.2 Å². The molecule has 0 spiro atoms. The van der Waals surface area contributed by atoms with E-state index in [0.717, 1.165) is 30.8 Å². The number of anilines is 1. The summed E-state index contributed by atoms with van der Waals surface area (Å²) in [5, 5.41) is 10.6. The molecule has 3 rings (SSSR count). The zero-order chi connectivity index (χ0) is 14.1. The standard InChI is InChI=1S/C14H15N3O3/c15-13-3-1-2-10-6-7-16(9-12(10)13)8-11-4-5-14(20-11)17(18)19/h1-5H,6-9,15H2. The van der Waals surface area contributed by atoms with Crippen LogP contribution in [0, 0.1) is 10.1 Å². The van der Waals surface area contributed by atoms with Gasteiger partial charge in [0.1, 0.15) is 10.7 Å². The third-order valence-corrected chi connectivity index (χ3v) is 3.60. The highest BCUT2D eigenvalue weighted by Crippen LogP contribution is 2.26. The van der Waals surface area contributed by atoms with E-state index in [1.165, 1.54) is 11.6 Å². The molecular weight excluding hydrogens is 258 g/mol. The molecule has 0 saturated carbocycles. The summed E-state index contributed by atoms with van der Waals surface area (Å²) in [4.78, 5) is 12.3. The van der Waals surface area contributed by atoms with E-state index in [1.807, 2.05) is 12.1 Å². The van der Waals surface area contributed by atoms with Gasteiger partial charge in [0, 0.05) is 18.8 Å². The van der Waals surface area contributed by atoms with Crippen LogP contribution < -0.4 is 5.73 Å². The quantitative estimate of drug-likeness (QED) is 0.527. The van der Waals surface area contributed by atoms with Gasteiger partial charge in [-0.25, -0.2) is 0 Å². The Hall–Kier alpha value is -2.34. The summed E-state index contributed by atoms with van der Waals surface area (Å²) >= 11 is 0. The molecule has 0 atom stereocenters. The van der Waals surface area contributed by atoms with E-state index in [1.54, 1.807) is 6.07 Å². The monoisotopic (exact) mass is 273 g/mol. The number of rotatable bonds is 3. The highest BCUT2D eigenvalue weighted by atomic mass is 16.6. The summed E-state index contributed by atoms with van der Waals surface area (Å²) in [5.74, 6) is 0.395. The van der Waals surface area contributed by atoms with Gasteiger partial charge in [-0.2, -0.15) is 0 Å². The predicted octanol–water partition coefficient (Wildman–Crippen LogP) is 2.33. The van der Waals surface area contributed by atoms with Gasteiger partial charge in [0.2, 0.25) is 0 Å². The van der Waals surface area contributed by atoms with E-state index in [0.29, 0.717) is 12.3 Å². The molecule has 2 N–H and O–H groups in total. The Morgan fingerprint density at radius 2 is 2.20 bits per heavy atom. The second-order valence-corrected chi connectivity index (χ2v) is 4.94. The Kier molecular flexibility index (Phi) is 3.15. The minimum Gasteiger partial charge on any atom is -0.404 e. The fraction of sp³-hybridized carbons (Fsp3) is 0.286. The minimum atomic E-state index is -0.521. The highest BCUT2D eigenvalue weighted by molar-refractivity contribution is 5.51. The van der Waals surface area contributed by atoms with Crippen molar-refractivity contribution in [2.45, 2.75) is 19.5 Å². The number of furan rings is 1. The number of fused-ring (bicyclic) bond motifs is 1. The molecule has 0 bridgehead atoms. The maximum Gasteiger partial charge on any atom is 0.433 e. The zero-order valence-electron chi connectivity index (χ0n) is 10.9. The summed E-state index contributed by atoms with van der Waals surface area (Å²) in [6, 6.07) is 9.02.